The lowest BCUT2D eigenvalue weighted by atomic mass is 9.85. The van der Waals surface area contributed by atoms with Gasteiger partial charge in [-0.2, -0.15) is 0 Å². The Morgan fingerprint density at radius 1 is 0.347 bits per heavy atom. The molecule has 0 amide bonds. The number of anilines is 8. The maximum atomic E-state index is 2.57. The summed E-state index contributed by atoms with van der Waals surface area (Å²) < 4.78 is 0. The largest absolute Gasteiger partial charge is 0.334 e. The van der Waals surface area contributed by atoms with Crippen LogP contribution in [0.4, 0.5) is 45.5 Å². The molecule has 0 radical (unpaired) electrons. The minimum Gasteiger partial charge on any atom is -0.334 e. The fraction of sp³-hybridized carbons (Fsp3) is 0.0833. The van der Waals surface area contributed by atoms with Crippen LogP contribution in [0.3, 0.4) is 0 Å². The van der Waals surface area contributed by atoms with E-state index in [2.05, 4.69) is 315 Å². The van der Waals surface area contributed by atoms with Crippen molar-refractivity contribution in [1.29, 1.82) is 0 Å². The number of allylic oxidation sites excluding steroid dienone is 2. The summed E-state index contributed by atoms with van der Waals surface area (Å²) >= 11 is 0. The second-order valence-electron chi connectivity index (χ2n) is 19.8. The van der Waals surface area contributed by atoms with Gasteiger partial charge in [0.1, 0.15) is 0 Å². The van der Waals surface area contributed by atoms with E-state index in [4.69, 9.17) is 0 Å². The molecule has 0 saturated carbocycles. The number of aryl methyl sites for hydroxylation is 3. The number of para-hydroxylation sites is 2. The molecule has 0 fully saturated rings. The summed E-state index contributed by atoms with van der Waals surface area (Å²) in [6.07, 6.45) is 9.94. The van der Waals surface area contributed by atoms with Gasteiger partial charge in [-0.3, -0.25) is 0 Å². The third-order valence-corrected chi connectivity index (χ3v) is 14.9. The average Bonchev–Trinajstić information content (AvgIpc) is 3.47. The lowest BCUT2D eigenvalue weighted by Crippen LogP contribution is -2.30. The lowest BCUT2D eigenvalue weighted by molar-refractivity contribution is 0.786. The van der Waals surface area contributed by atoms with Crippen LogP contribution in [-0.2, 0) is 0 Å². The molecule has 0 bridgehead atoms. The van der Waals surface area contributed by atoms with E-state index in [1.54, 1.807) is 0 Å². The van der Waals surface area contributed by atoms with Gasteiger partial charge in [-0.1, -0.05) is 200 Å². The Balaban J connectivity index is 0.973. The molecule has 0 N–H and O–H groups in total. The van der Waals surface area contributed by atoms with Crippen LogP contribution >= 0.6 is 0 Å². The summed E-state index contributed by atoms with van der Waals surface area (Å²) in [5, 5.41) is 4.88. The number of hydrogen-bond donors (Lipinski definition) is 0. The first-order valence-electron chi connectivity index (χ1n) is 26.2. The SMILES string of the molecule is Cc1ccc(N(c2ccccc2)c2ccc(N(c3ccccc3)c3cc(C)c(-c4c(C)cc(N(c5ccc(C(c6ccccc6)c6ccccc6)cc5)C5C=CC=CC5)c5ccccc45)c4ccccc34)cc2)cc1. The zero-order valence-corrected chi connectivity index (χ0v) is 42.8. The summed E-state index contributed by atoms with van der Waals surface area (Å²) in [6.45, 7) is 6.74. The number of rotatable bonds is 13. The van der Waals surface area contributed by atoms with E-state index in [9.17, 15) is 0 Å². The number of fused-ring (bicyclic) bond motifs is 2. The molecule has 0 spiro atoms. The zero-order chi connectivity index (χ0) is 50.7. The fourth-order valence-corrected chi connectivity index (χ4v) is 11.5. The molecular formula is C72H59N3. The highest BCUT2D eigenvalue weighted by Crippen LogP contribution is 2.49. The molecule has 3 heteroatoms. The summed E-state index contributed by atoms with van der Waals surface area (Å²) in [7, 11) is 0. The van der Waals surface area contributed by atoms with Crippen molar-refractivity contribution in [2.45, 2.75) is 39.2 Å². The van der Waals surface area contributed by atoms with Gasteiger partial charge >= 0.3 is 0 Å². The van der Waals surface area contributed by atoms with Gasteiger partial charge in [-0.15, -0.1) is 0 Å². The Morgan fingerprint density at radius 3 is 1.24 bits per heavy atom. The van der Waals surface area contributed by atoms with E-state index in [1.807, 2.05) is 0 Å². The van der Waals surface area contributed by atoms with Gasteiger partial charge in [0.25, 0.3) is 0 Å². The number of nitrogens with zero attached hydrogens (tertiary/aromatic N) is 3. The van der Waals surface area contributed by atoms with Crippen molar-refractivity contribution in [1.82, 2.24) is 0 Å². The number of hydrogen-bond acceptors (Lipinski definition) is 3. The smallest absolute Gasteiger partial charge is 0.0560 e. The molecule has 1 unspecified atom stereocenters. The van der Waals surface area contributed by atoms with Gasteiger partial charge in [-0.05, 0) is 162 Å². The lowest BCUT2D eigenvalue weighted by Gasteiger charge is -2.35. The van der Waals surface area contributed by atoms with Crippen LogP contribution in [0.5, 0.6) is 0 Å². The second-order valence-corrected chi connectivity index (χ2v) is 19.8. The van der Waals surface area contributed by atoms with E-state index >= 15 is 0 Å². The van der Waals surface area contributed by atoms with Crippen molar-refractivity contribution in [2.24, 2.45) is 0 Å². The van der Waals surface area contributed by atoms with Crippen LogP contribution in [0.15, 0.2) is 279 Å². The van der Waals surface area contributed by atoms with Crippen molar-refractivity contribution < 1.29 is 0 Å². The van der Waals surface area contributed by atoms with Crippen molar-refractivity contribution >= 4 is 67.0 Å². The Bertz CT molecular complexity index is 3770. The molecule has 0 aromatic heterocycles. The summed E-state index contributed by atoms with van der Waals surface area (Å²) in [4.78, 5) is 7.32. The highest BCUT2D eigenvalue weighted by atomic mass is 15.2. The maximum Gasteiger partial charge on any atom is 0.0560 e. The van der Waals surface area contributed by atoms with Crippen LogP contribution in [0, 0.1) is 20.8 Å². The van der Waals surface area contributed by atoms with Gasteiger partial charge in [0.2, 0.25) is 0 Å². The van der Waals surface area contributed by atoms with Gasteiger partial charge in [0, 0.05) is 56.5 Å². The molecule has 3 nitrogen and oxygen atoms in total. The summed E-state index contributed by atoms with van der Waals surface area (Å²) in [6, 6.07) is 93.4. The predicted octanol–water partition coefficient (Wildman–Crippen LogP) is 19.7. The first kappa shape index (κ1) is 46.9. The van der Waals surface area contributed by atoms with Crippen LogP contribution in [0.1, 0.15) is 45.7 Å². The molecule has 11 aromatic carbocycles. The topological polar surface area (TPSA) is 9.72 Å². The van der Waals surface area contributed by atoms with E-state index in [0.29, 0.717) is 0 Å². The Kier molecular flexibility index (Phi) is 13.0. The minimum atomic E-state index is 0.125. The molecule has 0 heterocycles. The highest BCUT2D eigenvalue weighted by molar-refractivity contribution is 6.14. The quantitative estimate of drug-likeness (QED) is 0.107. The number of benzene rings is 11. The normalized spacial score (nSPS) is 13.1. The molecule has 1 aliphatic carbocycles. The molecule has 11 aromatic rings. The Morgan fingerprint density at radius 2 is 0.733 bits per heavy atom. The molecule has 1 atom stereocenters. The molecule has 1 aliphatic rings. The van der Waals surface area contributed by atoms with Crippen molar-refractivity contribution in [2.75, 3.05) is 14.7 Å². The van der Waals surface area contributed by atoms with Crippen LogP contribution in [0.25, 0.3) is 32.7 Å². The molecule has 0 aliphatic heterocycles. The summed E-state index contributed by atoms with van der Waals surface area (Å²) in [5.41, 5.74) is 19.1. The monoisotopic (exact) mass is 965 g/mol. The first-order valence-corrected chi connectivity index (χ1v) is 26.2. The minimum absolute atomic E-state index is 0.125. The van der Waals surface area contributed by atoms with Crippen molar-refractivity contribution in [3.8, 4) is 11.1 Å². The van der Waals surface area contributed by atoms with Gasteiger partial charge < -0.3 is 14.7 Å². The highest BCUT2D eigenvalue weighted by Gasteiger charge is 2.27. The van der Waals surface area contributed by atoms with Crippen molar-refractivity contribution in [3.05, 3.63) is 312 Å². The first-order chi connectivity index (χ1) is 37.0. The fourth-order valence-electron chi connectivity index (χ4n) is 11.5. The predicted molar refractivity (Wildman–Crippen MR) is 320 cm³/mol. The van der Waals surface area contributed by atoms with Crippen LogP contribution < -0.4 is 14.7 Å². The average molecular weight is 966 g/mol. The van der Waals surface area contributed by atoms with E-state index < -0.39 is 0 Å². The molecule has 12 rings (SSSR count). The standard InChI is InChI=1S/C72H59N3/c1-51-37-41-60(42-38-51)73(57-27-13-6-14-28-57)61-45-47-63(48-46-61)75(59-31-17-8-18-32-59)69-50-53(3)71(67-36-22-20-34-65(67)69)70-52(2)49-68(64-33-19-21-35-66(64)70)74(58-29-15-7-16-30-58)62-43-39-56(40-44-62)72(54-23-9-4-10-24-54)55-25-11-5-12-26-55/h4-29,31-50,58,72H,30H2,1-3H3. The van der Waals surface area contributed by atoms with E-state index in [0.717, 1.165) is 40.5 Å². The van der Waals surface area contributed by atoms with Gasteiger partial charge in [0.15, 0.2) is 0 Å². The third-order valence-electron chi connectivity index (χ3n) is 14.9. The molecule has 75 heavy (non-hydrogen) atoms. The van der Waals surface area contributed by atoms with Gasteiger partial charge in [-0.25, -0.2) is 0 Å². The molecular weight excluding hydrogens is 907 g/mol. The van der Waals surface area contributed by atoms with E-state index in [1.165, 1.54) is 77.4 Å². The summed E-state index contributed by atoms with van der Waals surface area (Å²) in [5.74, 6) is 0.125. The molecule has 0 saturated heterocycles. The van der Waals surface area contributed by atoms with Crippen LogP contribution in [0.2, 0.25) is 0 Å². The zero-order valence-electron chi connectivity index (χ0n) is 42.8. The van der Waals surface area contributed by atoms with Crippen LogP contribution in [-0.4, -0.2) is 6.04 Å². The second kappa shape index (κ2) is 20.7. The third kappa shape index (κ3) is 9.19. The van der Waals surface area contributed by atoms with E-state index in [-0.39, 0.29) is 12.0 Å². The molecule has 362 valence electrons. The Labute approximate surface area is 442 Å². The van der Waals surface area contributed by atoms with Gasteiger partial charge in [0.05, 0.1) is 11.7 Å². The van der Waals surface area contributed by atoms with Crippen molar-refractivity contribution in [3.63, 3.8) is 0 Å². The Hall–Kier alpha value is -9.18. The maximum absolute atomic E-state index is 2.57.